The highest BCUT2D eigenvalue weighted by molar-refractivity contribution is 7.03. The quantitative estimate of drug-likeness (QED) is 0.173. The molecule has 0 saturated heterocycles. The van der Waals surface area contributed by atoms with Crippen LogP contribution in [0.2, 0.25) is 0 Å². The zero-order valence-corrected chi connectivity index (χ0v) is 31.0. The number of hydrogen-bond acceptors (Lipinski definition) is 2. The topological polar surface area (TPSA) is 6.48 Å². The van der Waals surface area contributed by atoms with Crippen molar-refractivity contribution >= 4 is 80.3 Å². The Bertz CT molecular complexity index is 2660. The van der Waals surface area contributed by atoms with E-state index in [1.54, 1.807) is 0 Å². The van der Waals surface area contributed by atoms with Gasteiger partial charge in [-0.15, -0.1) is 0 Å². The van der Waals surface area contributed by atoms with Gasteiger partial charge in [0.25, 0.3) is 0 Å². The lowest BCUT2D eigenvalue weighted by atomic mass is 9.34. The highest BCUT2D eigenvalue weighted by Crippen LogP contribution is 2.46. The smallest absolute Gasteiger partial charge is 0.248 e. The number of para-hydroxylation sites is 2. The van der Waals surface area contributed by atoms with Gasteiger partial charge in [0.1, 0.15) is 0 Å². The van der Waals surface area contributed by atoms with E-state index in [2.05, 4.69) is 190 Å². The van der Waals surface area contributed by atoms with Gasteiger partial charge in [-0.05, 0) is 115 Å². The Balaban J connectivity index is 1.27. The molecule has 0 aromatic heterocycles. The van der Waals surface area contributed by atoms with Gasteiger partial charge in [-0.2, -0.15) is 0 Å². The van der Waals surface area contributed by atoms with Crippen molar-refractivity contribution in [2.24, 2.45) is 0 Å². The van der Waals surface area contributed by atoms with Crippen molar-refractivity contribution in [3.05, 3.63) is 157 Å². The van der Waals surface area contributed by atoms with Crippen LogP contribution in [-0.4, -0.2) is 13.4 Å². The van der Waals surface area contributed by atoms with Crippen LogP contribution in [0.3, 0.4) is 0 Å². The van der Waals surface area contributed by atoms with Crippen LogP contribution in [0, 0.1) is 0 Å². The van der Waals surface area contributed by atoms with Gasteiger partial charge in [0.2, 0.25) is 13.4 Å². The van der Waals surface area contributed by atoms with E-state index in [0.717, 1.165) is 0 Å². The van der Waals surface area contributed by atoms with Crippen molar-refractivity contribution in [1.82, 2.24) is 0 Å². The van der Waals surface area contributed by atoms with E-state index >= 15 is 0 Å². The molecule has 0 saturated carbocycles. The minimum atomic E-state index is -0.0121. The first-order valence-corrected chi connectivity index (χ1v) is 19.2. The van der Waals surface area contributed by atoms with E-state index < -0.39 is 0 Å². The van der Waals surface area contributed by atoms with Crippen LogP contribution in [0.1, 0.15) is 51.7 Å². The molecule has 252 valence electrons. The average molecular weight is 678 g/mol. The Morgan fingerprint density at radius 2 is 1.00 bits per heavy atom. The fourth-order valence-corrected chi connectivity index (χ4v) is 9.87. The van der Waals surface area contributed by atoms with Crippen LogP contribution >= 0.6 is 0 Å². The molecule has 2 nitrogen and oxygen atoms in total. The molecule has 7 aromatic rings. The summed E-state index contributed by atoms with van der Waals surface area (Å²) >= 11 is 0. The van der Waals surface area contributed by atoms with Crippen molar-refractivity contribution in [3.63, 3.8) is 0 Å². The molecule has 4 aliphatic heterocycles. The molecule has 0 radical (unpaired) electrons. The lowest BCUT2D eigenvalue weighted by molar-refractivity contribution is 0.591. The van der Waals surface area contributed by atoms with Crippen LogP contribution in [0.4, 0.5) is 34.1 Å². The van der Waals surface area contributed by atoms with Gasteiger partial charge in [0.05, 0.1) is 0 Å². The van der Waals surface area contributed by atoms with Crippen LogP contribution in [0.15, 0.2) is 146 Å². The SMILES string of the molecule is CC(C)c1ccc2c(c1)-c1cc(C(C)(C)C)cc3c1B2c1cc2c(cc1N3c1ccccc1)B1c3ccccc3-c3cccc(c31)N2c1ccccc1. The number of benzene rings is 7. The summed E-state index contributed by atoms with van der Waals surface area (Å²) in [5.74, 6) is 0.456. The van der Waals surface area contributed by atoms with Gasteiger partial charge < -0.3 is 9.80 Å². The summed E-state index contributed by atoms with van der Waals surface area (Å²) in [7, 11) is 0. The van der Waals surface area contributed by atoms with Crippen molar-refractivity contribution in [2.45, 2.75) is 46.0 Å². The third-order valence-electron chi connectivity index (χ3n) is 12.4. The van der Waals surface area contributed by atoms with Gasteiger partial charge >= 0.3 is 0 Å². The molecule has 11 rings (SSSR count). The van der Waals surface area contributed by atoms with Crippen molar-refractivity contribution in [1.29, 1.82) is 0 Å². The molecule has 0 fully saturated rings. The third kappa shape index (κ3) is 4.24. The molecule has 0 bridgehead atoms. The summed E-state index contributed by atoms with van der Waals surface area (Å²) in [6.45, 7) is 12.0. The largest absolute Gasteiger partial charge is 0.312 e. The maximum absolute atomic E-state index is 2.59. The first-order chi connectivity index (χ1) is 25.8. The van der Waals surface area contributed by atoms with Gasteiger partial charge in [-0.3, -0.25) is 0 Å². The van der Waals surface area contributed by atoms with Gasteiger partial charge in [0.15, 0.2) is 0 Å². The summed E-state index contributed by atoms with van der Waals surface area (Å²) in [4.78, 5) is 5.13. The molecule has 0 aliphatic carbocycles. The number of hydrogen-bond donors (Lipinski definition) is 0. The molecular formula is C49H40B2N2. The minimum absolute atomic E-state index is 0.0121. The van der Waals surface area contributed by atoms with Crippen LogP contribution < -0.4 is 42.6 Å². The number of fused-ring (bicyclic) bond motifs is 10. The Labute approximate surface area is 313 Å². The average Bonchev–Trinajstić information content (AvgIpc) is 3.69. The molecule has 0 atom stereocenters. The van der Waals surface area contributed by atoms with Crippen LogP contribution in [0.5, 0.6) is 0 Å². The second kappa shape index (κ2) is 10.9. The Hall–Kier alpha value is -5.73. The van der Waals surface area contributed by atoms with E-state index in [4.69, 9.17) is 0 Å². The first-order valence-electron chi connectivity index (χ1n) is 19.2. The van der Waals surface area contributed by atoms with Gasteiger partial charge in [0, 0.05) is 34.1 Å². The maximum atomic E-state index is 2.59. The molecule has 0 unspecified atom stereocenters. The van der Waals surface area contributed by atoms with Crippen molar-refractivity contribution in [2.75, 3.05) is 9.80 Å². The number of anilines is 6. The van der Waals surface area contributed by atoms with Crippen LogP contribution in [-0.2, 0) is 5.41 Å². The predicted molar refractivity (Wildman–Crippen MR) is 229 cm³/mol. The lowest BCUT2D eigenvalue weighted by Gasteiger charge is -2.41. The molecule has 0 amide bonds. The summed E-state index contributed by atoms with van der Waals surface area (Å²) in [5, 5.41) is 0. The molecule has 7 aromatic carbocycles. The standard InChI is InChI=1S/C49H40B2N2/c1-30(2)31-23-24-40-37(25-31)38-26-32(49(3,4)5)27-46-48(38)51(40)42-28-44-41(29-45(42)53(46)34-17-10-7-11-18-34)50-39-21-13-12-19-35(39)36-20-14-22-43(47(36)50)52(44)33-15-8-6-9-16-33/h6-30H,1-5H3. The van der Waals surface area contributed by atoms with Crippen molar-refractivity contribution in [3.8, 4) is 22.3 Å². The zero-order chi connectivity index (χ0) is 35.7. The first kappa shape index (κ1) is 30.9. The Morgan fingerprint density at radius 1 is 0.434 bits per heavy atom. The molecule has 53 heavy (non-hydrogen) atoms. The maximum Gasteiger partial charge on any atom is 0.248 e. The Morgan fingerprint density at radius 3 is 1.64 bits per heavy atom. The molecule has 4 heterocycles. The van der Waals surface area contributed by atoms with Gasteiger partial charge in [-0.25, -0.2) is 0 Å². The van der Waals surface area contributed by atoms with E-state index in [0.29, 0.717) is 5.92 Å². The highest BCUT2D eigenvalue weighted by atomic mass is 15.2. The van der Waals surface area contributed by atoms with E-state index in [9.17, 15) is 0 Å². The second-order valence-corrected chi connectivity index (χ2v) is 16.7. The zero-order valence-electron chi connectivity index (χ0n) is 31.0. The van der Waals surface area contributed by atoms with E-state index in [1.807, 2.05) is 0 Å². The summed E-state index contributed by atoms with van der Waals surface area (Å²) in [5.41, 5.74) is 24.2. The van der Waals surface area contributed by atoms with Gasteiger partial charge in [-0.1, -0.05) is 143 Å². The normalized spacial score (nSPS) is 14.2. The number of rotatable bonds is 3. The fraction of sp³-hybridized carbons (Fsp3) is 0.143. The lowest BCUT2D eigenvalue weighted by Crippen LogP contribution is -2.59. The predicted octanol–water partition coefficient (Wildman–Crippen LogP) is 8.67. The second-order valence-electron chi connectivity index (χ2n) is 16.7. The fourth-order valence-electron chi connectivity index (χ4n) is 9.87. The van der Waals surface area contributed by atoms with Crippen LogP contribution in [0.25, 0.3) is 22.3 Å². The summed E-state index contributed by atoms with van der Waals surface area (Å²) < 4.78 is 0. The third-order valence-corrected chi connectivity index (χ3v) is 12.4. The summed E-state index contributed by atoms with van der Waals surface area (Å²) in [6.07, 6.45) is 0. The minimum Gasteiger partial charge on any atom is -0.312 e. The molecule has 0 spiro atoms. The van der Waals surface area contributed by atoms with E-state index in [-0.39, 0.29) is 18.8 Å². The monoisotopic (exact) mass is 678 g/mol. The van der Waals surface area contributed by atoms with E-state index in [1.165, 1.54) is 100 Å². The molecular weight excluding hydrogens is 638 g/mol. The summed E-state index contributed by atoms with van der Waals surface area (Å²) in [6, 6.07) is 55.6. The Kier molecular flexibility index (Phi) is 6.35. The molecule has 4 heteroatoms. The molecule has 4 aliphatic rings. The number of nitrogens with zero attached hydrogens (tertiary/aromatic N) is 2. The highest BCUT2D eigenvalue weighted by Gasteiger charge is 2.47. The van der Waals surface area contributed by atoms with Crippen molar-refractivity contribution < 1.29 is 0 Å². The molecule has 0 N–H and O–H groups in total.